The second-order valence-electron chi connectivity index (χ2n) is 10.2. The number of morpholine rings is 1. The summed E-state index contributed by atoms with van der Waals surface area (Å²) in [5, 5.41) is 0.750. The smallest absolute Gasteiger partial charge is 0.242 e. The Morgan fingerprint density at radius 1 is 0.850 bits per heavy atom. The number of anilines is 1. The third kappa shape index (κ3) is 5.94. The van der Waals surface area contributed by atoms with E-state index in [0.717, 1.165) is 93.6 Å². The number of fused-ring (bicyclic) bond motifs is 1. The Hall–Kier alpha value is -3.99. The first-order valence-corrected chi connectivity index (χ1v) is 13.9. The number of amides is 1. The zero-order chi connectivity index (χ0) is 27.3. The molecule has 2 aromatic heterocycles. The molecule has 2 N–H and O–H groups in total. The van der Waals surface area contributed by atoms with Gasteiger partial charge in [-0.3, -0.25) is 14.6 Å². The predicted octanol–water partition coefficient (Wildman–Crippen LogP) is 2.95. The number of nitrogens with two attached hydrogens (primary N) is 1. The molecule has 40 heavy (non-hydrogen) atoms. The van der Waals surface area contributed by atoms with Crippen molar-refractivity contribution in [3.63, 3.8) is 0 Å². The summed E-state index contributed by atoms with van der Waals surface area (Å²) in [5.74, 6) is 1.99. The molecule has 0 unspecified atom stereocenters. The normalized spacial score (nSPS) is 16.9. The Balaban J connectivity index is 1.12. The number of para-hydroxylation sites is 1. The number of hydrogen-bond donors (Lipinski definition) is 1. The molecule has 2 fully saturated rings. The van der Waals surface area contributed by atoms with Crippen LogP contribution in [-0.4, -0.2) is 101 Å². The molecule has 0 atom stereocenters. The molecule has 2 aliphatic rings. The second-order valence-corrected chi connectivity index (χ2v) is 10.2. The molecule has 2 saturated heterocycles. The fraction of sp³-hybridized carbons (Fsp3) is 0.367. The number of benzene rings is 2. The van der Waals surface area contributed by atoms with E-state index >= 15 is 0 Å². The van der Waals surface area contributed by atoms with Gasteiger partial charge in [0.2, 0.25) is 5.91 Å². The minimum atomic E-state index is 0.0834. The van der Waals surface area contributed by atoms with Gasteiger partial charge in [-0.2, -0.15) is 0 Å². The van der Waals surface area contributed by atoms with Crippen molar-refractivity contribution in [3.05, 3.63) is 67.1 Å². The molecule has 4 aromatic rings. The van der Waals surface area contributed by atoms with Gasteiger partial charge in [0.15, 0.2) is 0 Å². The quantitative estimate of drug-likeness (QED) is 0.363. The molecule has 0 bridgehead atoms. The van der Waals surface area contributed by atoms with Crippen LogP contribution in [0.4, 0.5) is 5.82 Å². The summed E-state index contributed by atoms with van der Waals surface area (Å²) in [7, 11) is 0. The van der Waals surface area contributed by atoms with Gasteiger partial charge in [0, 0.05) is 64.1 Å². The van der Waals surface area contributed by atoms with Gasteiger partial charge in [-0.1, -0.05) is 30.3 Å². The topological polar surface area (TPSA) is 102 Å². The predicted molar refractivity (Wildman–Crippen MR) is 154 cm³/mol. The molecule has 0 aliphatic carbocycles. The molecule has 4 heterocycles. The minimum absolute atomic E-state index is 0.0834. The van der Waals surface area contributed by atoms with Gasteiger partial charge in [0.1, 0.15) is 35.8 Å². The van der Waals surface area contributed by atoms with Crippen molar-refractivity contribution in [1.29, 1.82) is 0 Å². The first kappa shape index (κ1) is 26.2. The number of rotatable bonds is 8. The van der Waals surface area contributed by atoms with E-state index < -0.39 is 0 Å². The third-order valence-electron chi connectivity index (χ3n) is 7.69. The molecule has 10 heteroatoms. The van der Waals surface area contributed by atoms with E-state index in [9.17, 15) is 4.79 Å². The lowest BCUT2D eigenvalue weighted by Gasteiger charge is -2.36. The lowest BCUT2D eigenvalue weighted by atomic mass is 10.1. The molecule has 0 radical (unpaired) electrons. The number of carbonyl (C=O) groups is 1. The summed E-state index contributed by atoms with van der Waals surface area (Å²) < 4.78 is 13.3. The summed E-state index contributed by atoms with van der Waals surface area (Å²) >= 11 is 0. The number of carbonyl (C=O) groups excluding carboxylic acids is 1. The summed E-state index contributed by atoms with van der Waals surface area (Å²) in [6.45, 7) is 9.18. The molecular formula is C30H35N7O3. The average Bonchev–Trinajstić information content (AvgIpc) is 3.37. The van der Waals surface area contributed by atoms with E-state index in [1.165, 1.54) is 6.33 Å². The number of nitrogens with zero attached hydrogens (tertiary/aromatic N) is 6. The second kappa shape index (κ2) is 12.0. The maximum Gasteiger partial charge on any atom is 0.242 e. The molecule has 2 aromatic carbocycles. The van der Waals surface area contributed by atoms with Crippen molar-refractivity contribution in [2.24, 2.45) is 0 Å². The summed E-state index contributed by atoms with van der Waals surface area (Å²) in [6, 6.07) is 17.5. The summed E-state index contributed by atoms with van der Waals surface area (Å²) in [6.07, 6.45) is 3.41. The molecule has 0 saturated carbocycles. The Morgan fingerprint density at radius 2 is 1.52 bits per heavy atom. The molecule has 6 rings (SSSR count). The highest BCUT2D eigenvalue weighted by molar-refractivity contribution is 6.01. The summed E-state index contributed by atoms with van der Waals surface area (Å²) in [5.41, 5.74) is 8.81. The monoisotopic (exact) mass is 541 g/mol. The largest absolute Gasteiger partial charge is 0.457 e. The Bertz CT molecular complexity index is 1430. The molecule has 1 amide bonds. The highest BCUT2D eigenvalue weighted by Crippen LogP contribution is 2.34. The first-order valence-electron chi connectivity index (χ1n) is 13.9. The lowest BCUT2D eigenvalue weighted by molar-refractivity contribution is -0.133. The van der Waals surface area contributed by atoms with Gasteiger partial charge in [0.05, 0.1) is 18.6 Å². The van der Waals surface area contributed by atoms with Crippen molar-refractivity contribution in [1.82, 2.24) is 29.2 Å². The van der Waals surface area contributed by atoms with Crippen LogP contribution in [0.3, 0.4) is 0 Å². The lowest BCUT2D eigenvalue weighted by Crippen LogP contribution is -2.51. The van der Waals surface area contributed by atoms with Crippen LogP contribution >= 0.6 is 0 Å². The van der Waals surface area contributed by atoms with E-state index in [0.29, 0.717) is 11.5 Å². The maximum absolute atomic E-state index is 13.3. The van der Waals surface area contributed by atoms with E-state index in [1.54, 1.807) is 0 Å². The van der Waals surface area contributed by atoms with E-state index in [4.69, 9.17) is 15.2 Å². The van der Waals surface area contributed by atoms with E-state index in [-0.39, 0.29) is 12.5 Å². The van der Waals surface area contributed by atoms with Crippen molar-refractivity contribution in [2.45, 2.75) is 6.54 Å². The maximum atomic E-state index is 13.3. The summed E-state index contributed by atoms with van der Waals surface area (Å²) in [4.78, 5) is 28.9. The standard InChI is InChI=1S/C30H35N7O3/c31-29-28-26(23-6-8-25(9-7-23)40-24-4-2-1-3-5-24)20-37(30(28)33-22-32-29)21-27(38)36-14-12-34(13-15-36)10-11-35-16-18-39-19-17-35/h1-9,20,22H,10-19,21H2,(H2,31,32,33). The average molecular weight is 542 g/mol. The van der Waals surface area contributed by atoms with Crippen LogP contribution in [0, 0.1) is 0 Å². The van der Waals surface area contributed by atoms with Crippen LogP contribution in [0.25, 0.3) is 22.2 Å². The van der Waals surface area contributed by atoms with E-state index in [2.05, 4.69) is 19.8 Å². The van der Waals surface area contributed by atoms with Crippen LogP contribution in [0.5, 0.6) is 11.5 Å². The van der Waals surface area contributed by atoms with Gasteiger partial charge < -0.3 is 24.7 Å². The van der Waals surface area contributed by atoms with Gasteiger partial charge in [-0.05, 0) is 29.8 Å². The van der Waals surface area contributed by atoms with Crippen LogP contribution in [-0.2, 0) is 16.1 Å². The Labute approximate surface area is 233 Å². The zero-order valence-electron chi connectivity index (χ0n) is 22.6. The van der Waals surface area contributed by atoms with Crippen LogP contribution in [0.2, 0.25) is 0 Å². The van der Waals surface area contributed by atoms with Crippen molar-refractivity contribution in [2.75, 3.05) is 71.3 Å². The molecule has 208 valence electrons. The van der Waals surface area contributed by atoms with Crippen LogP contribution in [0.1, 0.15) is 0 Å². The van der Waals surface area contributed by atoms with Crippen molar-refractivity contribution >= 4 is 22.8 Å². The number of aromatic nitrogens is 3. The van der Waals surface area contributed by atoms with Gasteiger partial charge in [-0.25, -0.2) is 9.97 Å². The number of ether oxygens (including phenoxy) is 2. The molecule has 0 spiro atoms. The number of hydrogen-bond acceptors (Lipinski definition) is 8. The van der Waals surface area contributed by atoms with Gasteiger partial charge in [-0.15, -0.1) is 0 Å². The highest BCUT2D eigenvalue weighted by Gasteiger charge is 2.24. The Morgan fingerprint density at radius 3 is 2.25 bits per heavy atom. The molecular weight excluding hydrogens is 506 g/mol. The van der Waals surface area contributed by atoms with Gasteiger partial charge in [0.25, 0.3) is 0 Å². The number of piperazine rings is 1. The van der Waals surface area contributed by atoms with Gasteiger partial charge >= 0.3 is 0 Å². The highest BCUT2D eigenvalue weighted by atomic mass is 16.5. The fourth-order valence-corrected chi connectivity index (χ4v) is 5.39. The zero-order valence-corrected chi connectivity index (χ0v) is 22.6. The number of nitrogen functional groups attached to an aromatic ring is 1. The van der Waals surface area contributed by atoms with E-state index in [1.807, 2.05) is 70.3 Å². The SMILES string of the molecule is Nc1ncnc2c1c(-c1ccc(Oc3ccccc3)cc1)cn2CC(=O)N1CCN(CCN2CCOCC2)CC1. The Kier molecular flexibility index (Phi) is 7.90. The first-order chi connectivity index (χ1) is 19.6. The van der Waals surface area contributed by atoms with Crippen LogP contribution < -0.4 is 10.5 Å². The fourth-order valence-electron chi connectivity index (χ4n) is 5.39. The van der Waals surface area contributed by atoms with Crippen LogP contribution in [0.15, 0.2) is 67.1 Å². The minimum Gasteiger partial charge on any atom is -0.457 e. The van der Waals surface area contributed by atoms with Crippen molar-refractivity contribution in [3.8, 4) is 22.6 Å². The molecule has 10 nitrogen and oxygen atoms in total. The van der Waals surface area contributed by atoms with Crippen molar-refractivity contribution < 1.29 is 14.3 Å². The molecule has 2 aliphatic heterocycles. The third-order valence-corrected chi connectivity index (χ3v) is 7.69.